The van der Waals surface area contributed by atoms with Crippen molar-refractivity contribution < 1.29 is 4.79 Å². The molecule has 1 aromatic carbocycles. The first-order valence-corrected chi connectivity index (χ1v) is 7.27. The number of nitrogens with zero attached hydrogens (tertiary/aromatic N) is 1. The van der Waals surface area contributed by atoms with Crippen molar-refractivity contribution in [1.82, 2.24) is 4.90 Å². The number of amides is 1. The Morgan fingerprint density at radius 2 is 2.10 bits per heavy atom. The van der Waals surface area contributed by atoms with E-state index in [9.17, 15) is 4.79 Å². The molecule has 0 radical (unpaired) electrons. The lowest BCUT2D eigenvalue weighted by molar-refractivity contribution is -0.135. The highest BCUT2D eigenvalue weighted by atomic mass is 35.5. The third-order valence-electron chi connectivity index (χ3n) is 4.04. The monoisotopic (exact) mass is 296 g/mol. The number of hydrogen-bond acceptors (Lipinski definition) is 2. The summed E-state index contributed by atoms with van der Waals surface area (Å²) in [5.74, 6) is 0.190. The molecule has 0 bridgehead atoms. The zero-order chi connectivity index (χ0) is 13.7. The van der Waals surface area contributed by atoms with Gasteiger partial charge in [0.15, 0.2) is 0 Å². The van der Waals surface area contributed by atoms with Gasteiger partial charge in [0.1, 0.15) is 0 Å². The van der Waals surface area contributed by atoms with Crippen molar-refractivity contribution in [1.29, 1.82) is 0 Å². The van der Waals surface area contributed by atoms with Crippen LogP contribution < -0.4 is 5.73 Å². The molecule has 0 saturated carbocycles. The van der Waals surface area contributed by atoms with Gasteiger partial charge >= 0.3 is 0 Å². The highest BCUT2D eigenvalue weighted by Crippen LogP contribution is 2.23. The third kappa shape index (κ3) is 4.22. The molecular formula is C16H25ClN2O. The van der Waals surface area contributed by atoms with Gasteiger partial charge in [-0.3, -0.25) is 4.79 Å². The number of rotatable bonds is 5. The Morgan fingerprint density at radius 1 is 1.40 bits per heavy atom. The van der Waals surface area contributed by atoms with E-state index >= 15 is 0 Å². The van der Waals surface area contributed by atoms with Crippen molar-refractivity contribution in [3.63, 3.8) is 0 Å². The number of hydrogen-bond donors (Lipinski definition) is 1. The summed E-state index contributed by atoms with van der Waals surface area (Å²) in [7, 11) is 0. The molecule has 2 rings (SSSR count). The minimum atomic E-state index is -0.0441. The second-order valence-corrected chi connectivity index (χ2v) is 5.49. The third-order valence-corrected chi connectivity index (χ3v) is 4.04. The van der Waals surface area contributed by atoms with E-state index in [0.29, 0.717) is 12.6 Å². The van der Waals surface area contributed by atoms with Crippen LogP contribution in [0.25, 0.3) is 0 Å². The van der Waals surface area contributed by atoms with Crippen LogP contribution in [0.4, 0.5) is 0 Å². The van der Waals surface area contributed by atoms with E-state index in [4.69, 9.17) is 5.73 Å². The summed E-state index contributed by atoms with van der Waals surface area (Å²) in [6, 6.07) is 10.9. The number of aryl methyl sites for hydroxylation is 1. The van der Waals surface area contributed by atoms with Crippen molar-refractivity contribution in [2.24, 2.45) is 11.7 Å². The van der Waals surface area contributed by atoms with Crippen LogP contribution in [0, 0.1) is 5.92 Å². The molecule has 1 fully saturated rings. The van der Waals surface area contributed by atoms with Crippen molar-refractivity contribution in [3.05, 3.63) is 35.9 Å². The molecule has 2 unspecified atom stereocenters. The summed E-state index contributed by atoms with van der Waals surface area (Å²) < 4.78 is 0. The fourth-order valence-electron chi connectivity index (χ4n) is 2.79. The van der Waals surface area contributed by atoms with E-state index in [2.05, 4.69) is 29.2 Å². The Hall–Kier alpha value is -1.06. The molecule has 2 atom stereocenters. The van der Waals surface area contributed by atoms with Gasteiger partial charge in [-0.15, -0.1) is 12.4 Å². The maximum Gasteiger partial charge on any atom is 0.226 e. The van der Waals surface area contributed by atoms with Gasteiger partial charge in [0.25, 0.3) is 0 Å². The molecule has 1 heterocycles. The molecule has 20 heavy (non-hydrogen) atoms. The van der Waals surface area contributed by atoms with E-state index < -0.39 is 0 Å². The maximum absolute atomic E-state index is 12.2. The van der Waals surface area contributed by atoms with Crippen molar-refractivity contribution in [3.8, 4) is 0 Å². The predicted molar refractivity (Wildman–Crippen MR) is 85.0 cm³/mol. The average Bonchev–Trinajstić information content (AvgIpc) is 2.93. The SMILES string of the molecule is CC(CN)C(=O)N1CCCC1CCc1ccccc1.Cl. The number of likely N-dealkylation sites (tertiary alicyclic amines) is 1. The first-order valence-electron chi connectivity index (χ1n) is 7.27. The van der Waals surface area contributed by atoms with E-state index in [0.717, 1.165) is 32.2 Å². The zero-order valence-electron chi connectivity index (χ0n) is 12.1. The number of halogens is 1. The van der Waals surface area contributed by atoms with Crippen LogP contribution in [0.15, 0.2) is 30.3 Å². The standard InChI is InChI=1S/C16H24N2O.ClH/c1-13(12-17)16(19)18-11-5-8-15(18)10-9-14-6-3-2-4-7-14;/h2-4,6-7,13,15H,5,8-12,17H2,1H3;1H. The van der Waals surface area contributed by atoms with Crippen LogP contribution in [-0.2, 0) is 11.2 Å². The molecule has 1 aliphatic rings. The van der Waals surface area contributed by atoms with E-state index in [1.807, 2.05) is 13.0 Å². The molecule has 2 N–H and O–H groups in total. The van der Waals surface area contributed by atoms with Crippen LogP contribution >= 0.6 is 12.4 Å². The fraction of sp³-hybridized carbons (Fsp3) is 0.562. The minimum absolute atomic E-state index is 0. The summed E-state index contributed by atoms with van der Waals surface area (Å²) in [5, 5.41) is 0. The van der Waals surface area contributed by atoms with Gasteiger partial charge in [0.05, 0.1) is 0 Å². The smallest absolute Gasteiger partial charge is 0.226 e. The summed E-state index contributed by atoms with van der Waals surface area (Å²) in [4.78, 5) is 14.3. The Balaban J connectivity index is 0.00000200. The lowest BCUT2D eigenvalue weighted by Crippen LogP contribution is -2.41. The molecule has 0 spiro atoms. The molecule has 1 amide bonds. The van der Waals surface area contributed by atoms with Gasteiger partial charge in [-0.25, -0.2) is 0 Å². The first kappa shape index (κ1) is 17.0. The Kier molecular flexibility index (Phi) is 7.03. The minimum Gasteiger partial charge on any atom is -0.339 e. The normalized spacial score (nSPS) is 19.5. The summed E-state index contributed by atoms with van der Waals surface area (Å²) >= 11 is 0. The number of benzene rings is 1. The van der Waals surface area contributed by atoms with E-state index in [1.54, 1.807) is 0 Å². The lowest BCUT2D eigenvalue weighted by atomic mass is 10.0. The second kappa shape index (κ2) is 8.28. The summed E-state index contributed by atoms with van der Waals surface area (Å²) in [6.07, 6.45) is 4.37. The van der Waals surface area contributed by atoms with Gasteiger partial charge in [-0.1, -0.05) is 37.3 Å². The second-order valence-electron chi connectivity index (χ2n) is 5.49. The van der Waals surface area contributed by atoms with Crippen molar-refractivity contribution >= 4 is 18.3 Å². The van der Waals surface area contributed by atoms with Crippen LogP contribution in [-0.4, -0.2) is 29.9 Å². The van der Waals surface area contributed by atoms with Gasteiger partial charge < -0.3 is 10.6 Å². The highest BCUT2D eigenvalue weighted by molar-refractivity contribution is 5.85. The molecule has 1 aromatic rings. The summed E-state index contributed by atoms with van der Waals surface area (Å²) in [6.45, 7) is 3.28. The van der Waals surface area contributed by atoms with E-state index in [1.165, 1.54) is 5.56 Å². The zero-order valence-corrected chi connectivity index (χ0v) is 12.9. The molecule has 1 saturated heterocycles. The van der Waals surface area contributed by atoms with Gasteiger partial charge in [0, 0.05) is 25.0 Å². The first-order chi connectivity index (χ1) is 9.22. The quantitative estimate of drug-likeness (QED) is 0.908. The van der Waals surface area contributed by atoms with Crippen molar-refractivity contribution in [2.45, 2.75) is 38.6 Å². The molecule has 0 aliphatic carbocycles. The topological polar surface area (TPSA) is 46.3 Å². The Morgan fingerprint density at radius 3 is 2.75 bits per heavy atom. The van der Waals surface area contributed by atoms with Gasteiger partial charge in [-0.2, -0.15) is 0 Å². The van der Waals surface area contributed by atoms with Crippen LogP contribution in [0.5, 0.6) is 0 Å². The Bertz CT molecular complexity index is 410. The number of nitrogens with two attached hydrogens (primary N) is 1. The van der Waals surface area contributed by atoms with E-state index in [-0.39, 0.29) is 24.2 Å². The molecule has 112 valence electrons. The largest absolute Gasteiger partial charge is 0.339 e. The summed E-state index contributed by atoms with van der Waals surface area (Å²) in [5.41, 5.74) is 6.96. The molecule has 0 aromatic heterocycles. The Labute approximate surface area is 127 Å². The lowest BCUT2D eigenvalue weighted by Gasteiger charge is -2.27. The predicted octanol–water partition coefficient (Wildman–Crippen LogP) is 2.63. The molecule has 4 heteroatoms. The van der Waals surface area contributed by atoms with Crippen LogP contribution in [0.1, 0.15) is 31.7 Å². The molecular weight excluding hydrogens is 272 g/mol. The number of carbonyl (C=O) groups excluding carboxylic acids is 1. The molecule has 3 nitrogen and oxygen atoms in total. The number of carbonyl (C=O) groups is 1. The van der Waals surface area contributed by atoms with Gasteiger partial charge in [-0.05, 0) is 31.2 Å². The van der Waals surface area contributed by atoms with Crippen LogP contribution in [0.2, 0.25) is 0 Å². The average molecular weight is 297 g/mol. The van der Waals surface area contributed by atoms with Crippen molar-refractivity contribution in [2.75, 3.05) is 13.1 Å². The van der Waals surface area contributed by atoms with Gasteiger partial charge in [0.2, 0.25) is 5.91 Å². The van der Waals surface area contributed by atoms with Crippen LogP contribution in [0.3, 0.4) is 0 Å². The molecule has 1 aliphatic heterocycles. The fourth-order valence-corrected chi connectivity index (χ4v) is 2.79. The highest BCUT2D eigenvalue weighted by Gasteiger charge is 2.30. The maximum atomic E-state index is 12.2.